The normalized spacial score (nSPS) is 10.3. The first-order valence-corrected chi connectivity index (χ1v) is 8.06. The van der Waals surface area contributed by atoms with Crippen LogP contribution in [0.25, 0.3) is 10.6 Å². The van der Waals surface area contributed by atoms with Gasteiger partial charge in [0.25, 0.3) is 0 Å². The van der Waals surface area contributed by atoms with Gasteiger partial charge in [0.2, 0.25) is 5.75 Å². The molecule has 7 heteroatoms. The van der Waals surface area contributed by atoms with E-state index in [1.54, 1.807) is 45.1 Å². The van der Waals surface area contributed by atoms with E-state index in [0.717, 1.165) is 16.3 Å². The highest BCUT2D eigenvalue weighted by atomic mass is 32.1. The minimum atomic E-state index is 0.545. The summed E-state index contributed by atoms with van der Waals surface area (Å²) in [7, 11) is 4.74. The molecule has 0 saturated carbocycles. The molecule has 0 fully saturated rings. The Labute approximate surface area is 144 Å². The Balaban J connectivity index is 1.92. The van der Waals surface area contributed by atoms with E-state index in [9.17, 15) is 0 Å². The standard InChI is InChI=1S/C17H17N3O3S/c1-21-13-7-11(8-14(22-2)17(13)23-3)19-16-10-18-9-12(20-16)15-5-4-6-24-15/h4-10H,1-3H3,(H,19,20). The van der Waals surface area contributed by atoms with Gasteiger partial charge in [0, 0.05) is 17.8 Å². The van der Waals surface area contributed by atoms with Crippen LogP contribution in [0.3, 0.4) is 0 Å². The maximum absolute atomic E-state index is 5.36. The topological polar surface area (TPSA) is 65.5 Å². The van der Waals surface area contributed by atoms with Crippen molar-refractivity contribution in [2.45, 2.75) is 0 Å². The third kappa shape index (κ3) is 3.26. The summed E-state index contributed by atoms with van der Waals surface area (Å²) < 4.78 is 16.0. The van der Waals surface area contributed by atoms with Gasteiger partial charge in [0.05, 0.1) is 38.6 Å². The van der Waals surface area contributed by atoms with E-state index >= 15 is 0 Å². The lowest BCUT2D eigenvalue weighted by molar-refractivity contribution is 0.324. The second-order valence-corrected chi connectivity index (χ2v) is 5.75. The number of methoxy groups -OCH3 is 3. The van der Waals surface area contributed by atoms with E-state index in [4.69, 9.17) is 14.2 Å². The van der Waals surface area contributed by atoms with Crippen LogP contribution in [0.1, 0.15) is 0 Å². The first kappa shape index (κ1) is 16.1. The smallest absolute Gasteiger partial charge is 0.203 e. The van der Waals surface area contributed by atoms with Gasteiger partial charge in [-0.15, -0.1) is 11.3 Å². The monoisotopic (exact) mass is 343 g/mol. The Morgan fingerprint density at radius 1 is 1.00 bits per heavy atom. The molecule has 3 rings (SSSR count). The van der Waals surface area contributed by atoms with Gasteiger partial charge in [-0.2, -0.15) is 0 Å². The van der Waals surface area contributed by atoms with Crippen molar-refractivity contribution in [1.29, 1.82) is 0 Å². The predicted molar refractivity (Wildman–Crippen MR) is 94.7 cm³/mol. The van der Waals surface area contributed by atoms with Crippen LogP contribution in [0, 0.1) is 0 Å². The summed E-state index contributed by atoms with van der Waals surface area (Å²) in [6.45, 7) is 0. The summed E-state index contributed by atoms with van der Waals surface area (Å²) in [5.74, 6) is 2.32. The predicted octanol–water partition coefficient (Wildman–Crippen LogP) is 3.97. The average Bonchev–Trinajstić information content (AvgIpc) is 3.15. The van der Waals surface area contributed by atoms with Crippen LogP contribution in [0.15, 0.2) is 42.0 Å². The van der Waals surface area contributed by atoms with Gasteiger partial charge in [-0.1, -0.05) is 6.07 Å². The first-order chi connectivity index (χ1) is 11.7. The molecule has 0 unspecified atom stereocenters. The second-order valence-electron chi connectivity index (χ2n) is 4.81. The van der Waals surface area contributed by atoms with Crippen molar-refractivity contribution in [3.05, 3.63) is 42.0 Å². The lowest BCUT2D eigenvalue weighted by Gasteiger charge is -2.15. The fraction of sp³-hybridized carbons (Fsp3) is 0.176. The number of nitrogens with one attached hydrogen (secondary N) is 1. The van der Waals surface area contributed by atoms with Crippen LogP contribution in [0.4, 0.5) is 11.5 Å². The molecule has 0 aliphatic rings. The number of hydrogen-bond donors (Lipinski definition) is 1. The largest absolute Gasteiger partial charge is 0.493 e. The molecule has 0 amide bonds. The van der Waals surface area contributed by atoms with Gasteiger partial charge in [-0.05, 0) is 11.4 Å². The summed E-state index contributed by atoms with van der Waals surface area (Å²) in [4.78, 5) is 9.90. The van der Waals surface area contributed by atoms with Crippen molar-refractivity contribution in [3.63, 3.8) is 0 Å². The van der Waals surface area contributed by atoms with E-state index in [2.05, 4.69) is 15.3 Å². The molecule has 2 heterocycles. The van der Waals surface area contributed by atoms with Gasteiger partial charge in [-0.3, -0.25) is 4.98 Å². The molecule has 2 aromatic heterocycles. The van der Waals surface area contributed by atoms with Crippen LogP contribution in [0.2, 0.25) is 0 Å². The number of thiophene rings is 1. The van der Waals surface area contributed by atoms with E-state index in [-0.39, 0.29) is 0 Å². The average molecular weight is 343 g/mol. The van der Waals surface area contributed by atoms with Crippen molar-refractivity contribution in [3.8, 4) is 27.8 Å². The highest BCUT2D eigenvalue weighted by molar-refractivity contribution is 7.13. The molecular weight excluding hydrogens is 326 g/mol. The summed E-state index contributed by atoms with van der Waals surface area (Å²) in [6, 6.07) is 7.64. The quantitative estimate of drug-likeness (QED) is 0.730. The Bertz CT molecular complexity index is 797. The highest BCUT2D eigenvalue weighted by Crippen LogP contribution is 2.40. The number of rotatable bonds is 6. The molecule has 0 aliphatic carbocycles. The fourth-order valence-electron chi connectivity index (χ4n) is 2.27. The summed E-state index contributed by atoms with van der Waals surface area (Å²) >= 11 is 1.62. The van der Waals surface area contributed by atoms with Crippen LogP contribution in [-0.4, -0.2) is 31.3 Å². The number of aromatic nitrogens is 2. The molecule has 1 N–H and O–H groups in total. The Morgan fingerprint density at radius 3 is 2.33 bits per heavy atom. The van der Waals surface area contributed by atoms with Crippen LogP contribution in [0.5, 0.6) is 17.2 Å². The maximum Gasteiger partial charge on any atom is 0.203 e. The number of benzene rings is 1. The van der Waals surface area contributed by atoms with Crippen LogP contribution >= 0.6 is 11.3 Å². The van der Waals surface area contributed by atoms with Gasteiger partial charge in [-0.25, -0.2) is 4.98 Å². The molecule has 0 bridgehead atoms. The summed E-state index contributed by atoms with van der Waals surface area (Å²) in [5.41, 5.74) is 1.59. The molecule has 3 aromatic rings. The molecule has 0 saturated heterocycles. The number of anilines is 2. The number of ether oxygens (including phenoxy) is 3. The second kappa shape index (κ2) is 7.18. The zero-order chi connectivity index (χ0) is 16.9. The minimum absolute atomic E-state index is 0.545. The summed E-state index contributed by atoms with van der Waals surface area (Å²) in [5, 5.41) is 5.23. The molecular formula is C17H17N3O3S. The molecule has 0 spiro atoms. The van der Waals surface area contributed by atoms with Gasteiger partial charge >= 0.3 is 0 Å². The zero-order valence-electron chi connectivity index (χ0n) is 13.6. The Hall–Kier alpha value is -2.80. The van der Waals surface area contributed by atoms with Gasteiger partial charge in [0.1, 0.15) is 11.5 Å². The zero-order valence-corrected chi connectivity index (χ0v) is 14.4. The third-order valence-electron chi connectivity index (χ3n) is 3.35. The van der Waals surface area contributed by atoms with E-state index < -0.39 is 0 Å². The van der Waals surface area contributed by atoms with Crippen molar-refractivity contribution in [2.75, 3.05) is 26.6 Å². The molecule has 24 heavy (non-hydrogen) atoms. The minimum Gasteiger partial charge on any atom is -0.493 e. The van der Waals surface area contributed by atoms with E-state index in [1.165, 1.54) is 0 Å². The Morgan fingerprint density at radius 2 is 1.75 bits per heavy atom. The third-order valence-corrected chi connectivity index (χ3v) is 4.24. The molecule has 0 aliphatic heterocycles. The van der Waals surface area contributed by atoms with E-state index in [0.29, 0.717) is 23.1 Å². The van der Waals surface area contributed by atoms with Crippen molar-refractivity contribution >= 4 is 22.8 Å². The van der Waals surface area contributed by atoms with Crippen molar-refractivity contribution < 1.29 is 14.2 Å². The highest BCUT2D eigenvalue weighted by Gasteiger charge is 2.13. The molecule has 124 valence electrons. The molecule has 0 radical (unpaired) electrons. The summed E-state index contributed by atoms with van der Waals surface area (Å²) in [6.07, 6.45) is 3.41. The lowest BCUT2D eigenvalue weighted by atomic mass is 10.2. The van der Waals surface area contributed by atoms with Crippen LogP contribution < -0.4 is 19.5 Å². The van der Waals surface area contributed by atoms with Crippen molar-refractivity contribution in [2.24, 2.45) is 0 Å². The van der Waals surface area contributed by atoms with Crippen molar-refractivity contribution in [1.82, 2.24) is 9.97 Å². The van der Waals surface area contributed by atoms with E-state index in [1.807, 2.05) is 29.6 Å². The fourth-order valence-corrected chi connectivity index (χ4v) is 2.95. The molecule has 0 atom stereocenters. The lowest BCUT2D eigenvalue weighted by Crippen LogP contribution is -1.99. The number of nitrogens with zero attached hydrogens (tertiary/aromatic N) is 2. The maximum atomic E-state index is 5.36. The van der Waals surface area contributed by atoms with Gasteiger partial charge in [0.15, 0.2) is 11.5 Å². The molecule has 1 aromatic carbocycles. The SMILES string of the molecule is COc1cc(Nc2cncc(-c3cccs3)n2)cc(OC)c1OC. The first-order valence-electron chi connectivity index (χ1n) is 7.18. The van der Waals surface area contributed by atoms with Gasteiger partial charge < -0.3 is 19.5 Å². The van der Waals surface area contributed by atoms with Crippen LogP contribution in [-0.2, 0) is 0 Å². The molecule has 6 nitrogen and oxygen atoms in total. The Kier molecular flexibility index (Phi) is 4.81. The number of hydrogen-bond acceptors (Lipinski definition) is 7.